The molecule has 0 saturated heterocycles. The summed E-state index contributed by atoms with van der Waals surface area (Å²) in [7, 11) is 0. The molecular formula is C6H9BF3K. The van der Waals surface area contributed by atoms with Crippen LogP contribution in [0, 0.1) is 5.41 Å². The van der Waals surface area contributed by atoms with Crippen LogP contribution in [0.4, 0.5) is 12.9 Å². The van der Waals surface area contributed by atoms with Crippen molar-refractivity contribution in [2.75, 3.05) is 0 Å². The molecule has 0 amide bonds. The first-order valence-electron chi connectivity index (χ1n) is 3.75. The van der Waals surface area contributed by atoms with Gasteiger partial charge in [0.15, 0.2) is 0 Å². The van der Waals surface area contributed by atoms with E-state index in [1.807, 2.05) is 0 Å². The van der Waals surface area contributed by atoms with Crippen molar-refractivity contribution >= 4 is 6.98 Å². The maximum atomic E-state index is 12.0. The van der Waals surface area contributed by atoms with Crippen molar-refractivity contribution in [2.24, 2.45) is 5.41 Å². The average Bonchev–Trinajstić information content (AvgIpc) is 2.30. The van der Waals surface area contributed by atoms with E-state index in [-0.39, 0.29) is 56.8 Å². The summed E-state index contributed by atoms with van der Waals surface area (Å²) in [4.78, 5) is 0. The first kappa shape index (κ1) is 10.6. The van der Waals surface area contributed by atoms with Gasteiger partial charge in [0.2, 0.25) is 0 Å². The van der Waals surface area contributed by atoms with E-state index in [2.05, 4.69) is 0 Å². The minimum atomic E-state index is -4.50. The van der Waals surface area contributed by atoms with Crippen LogP contribution in [0.15, 0.2) is 0 Å². The van der Waals surface area contributed by atoms with E-state index in [9.17, 15) is 12.9 Å². The molecule has 0 nitrogen and oxygen atoms in total. The molecule has 0 heterocycles. The summed E-state index contributed by atoms with van der Waals surface area (Å²) >= 11 is 0. The largest absolute Gasteiger partial charge is 1.00 e. The molecule has 2 rings (SSSR count). The van der Waals surface area contributed by atoms with E-state index in [1.54, 1.807) is 0 Å². The molecule has 0 radical (unpaired) electrons. The molecule has 2 aliphatic carbocycles. The average molecular weight is 188 g/mol. The number of hydrogen-bond acceptors (Lipinski definition) is 0. The molecule has 1 unspecified atom stereocenters. The Hall–Kier alpha value is 1.49. The van der Waals surface area contributed by atoms with Crippen LogP contribution in [0.25, 0.3) is 0 Å². The van der Waals surface area contributed by atoms with Crippen molar-refractivity contribution in [1.29, 1.82) is 0 Å². The fraction of sp³-hybridized carbons (Fsp3) is 1.00. The van der Waals surface area contributed by atoms with Crippen LogP contribution < -0.4 is 51.4 Å². The Balaban J connectivity index is 0.000000605. The van der Waals surface area contributed by atoms with Crippen molar-refractivity contribution in [3.05, 3.63) is 0 Å². The van der Waals surface area contributed by atoms with Gasteiger partial charge in [-0.25, -0.2) is 0 Å². The second kappa shape index (κ2) is 3.01. The van der Waals surface area contributed by atoms with Gasteiger partial charge in [-0.2, -0.15) is 0 Å². The Labute approximate surface area is 107 Å². The zero-order valence-electron chi connectivity index (χ0n) is 6.62. The maximum absolute atomic E-state index is 12.0. The van der Waals surface area contributed by atoms with Crippen LogP contribution >= 0.6 is 0 Å². The normalized spacial score (nSPS) is 32.5. The second-order valence-electron chi connectivity index (χ2n) is 3.65. The number of hydrogen-bond donors (Lipinski definition) is 0. The molecule has 58 valence electrons. The maximum Gasteiger partial charge on any atom is 1.00 e. The molecular weight excluding hydrogens is 179 g/mol. The van der Waals surface area contributed by atoms with Crippen LogP contribution in [0.1, 0.15) is 25.7 Å². The molecule has 0 aromatic carbocycles. The van der Waals surface area contributed by atoms with Crippen LogP contribution in [-0.2, 0) is 0 Å². The van der Waals surface area contributed by atoms with Crippen LogP contribution in [0.3, 0.4) is 0 Å². The van der Waals surface area contributed by atoms with Gasteiger partial charge in [-0.1, -0.05) is 36.9 Å². The Bertz CT molecular complexity index is 164. The van der Waals surface area contributed by atoms with Crippen LogP contribution in [0.5, 0.6) is 0 Å². The van der Waals surface area contributed by atoms with E-state index in [0.29, 0.717) is 6.42 Å². The first-order valence-corrected chi connectivity index (χ1v) is 3.75. The zero-order chi connectivity index (χ0) is 7.41. The molecule has 0 aliphatic heterocycles. The van der Waals surface area contributed by atoms with E-state index in [4.69, 9.17) is 0 Å². The summed E-state index contributed by atoms with van der Waals surface area (Å²) in [5.74, 6) is -0.874. The monoisotopic (exact) mass is 188 g/mol. The van der Waals surface area contributed by atoms with Gasteiger partial charge >= 0.3 is 58.4 Å². The summed E-state index contributed by atoms with van der Waals surface area (Å²) in [5, 5.41) is 0. The molecule has 1 spiro atoms. The Kier molecular flexibility index (Phi) is 2.89. The van der Waals surface area contributed by atoms with Crippen LogP contribution in [-0.4, -0.2) is 6.98 Å². The van der Waals surface area contributed by atoms with Gasteiger partial charge in [-0.3, -0.25) is 0 Å². The zero-order valence-corrected chi connectivity index (χ0v) is 9.74. The molecule has 2 saturated carbocycles. The summed E-state index contributed by atoms with van der Waals surface area (Å²) in [6, 6.07) is 0. The third-order valence-electron chi connectivity index (χ3n) is 3.06. The fourth-order valence-corrected chi connectivity index (χ4v) is 2.12. The quantitative estimate of drug-likeness (QED) is 0.499. The van der Waals surface area contributed by atoms with E-state index < -0.39 is 12.8 Å². The molecule has 0 N–H and O–H groups in total. The summed E-state index contributed by atoms with van der Waals surface area (Å²) in [6.07, 6.45) is 3.12. The predicted octanol–water partition coefficient (Wildman–Crippen LogP) is -0.218. The summed E-state index contributed by atoms with van der Waals surface area (Å²) in [5.41, 5.74) is -0.224. The number of rotatable bonds is 1. The van der Waals surface area contributed by atoms with E-state index in [1.165, 1.54) is 0 Å². The fourth-order valence-electron chi connectivity index (χ4n) is 2.12. The molecule has 5 heteroatoms. The topological polar surface area (TPSA) is 0 Å². The predicted molar refractivity (Wildman–Crippen MR) is 33.7 cm³/mol. The number of halogens is 3. The summed E-state index contributed by atoms with van der Waals surface area (Å²) < 4.78 is 36.1. The smallest absolute Gasteiger partial charge is 0.449 e. The Morgan fingerprint density at radius 1 is 1.18 bits per heavy atom. The van der Waals surface area contributed by atoms with Gasteiger partial charge in [-0.05, 0) is 0 Å². The van der Waals surface area contributed by atoms with E-state index in [0.717, 1.165) is 19.3 Å². The minimum absolute atomic E-state index is 0. The summed E-state index contributed by atoms with van der Waals surface area (Å²) in [6.45, 7) is -4.50. The van der Waals surface area contributed by atoms with Gasteiger partial charge in [-0.15, -0.1) is 0 Å². The first-order chi connectivity index (χ1) is 4.55. The van der Waals surface area contributed by atoms with Gasteiger partial charge in [0, 0.05) is 0 Å². The molecule has 0 bridgehead atoms. The van der Waals surface area contributed by atoms with Crippen molar-refractivity contribution in [3.8, 4) is 0 Å². The Morgan fingerprint density at radius 3 is 1.82 bits per heavy atom. The third-order valence-corrected chi connectivity index (χ3v) is 3.06. The molecule has 2 aliphatic rings. The van der Waals surface area contributed by atoms with E-state index >= 15 is 0 Å². The SMILES string of the molecule is F[B-](F)(F)C1CC12CCC2.[K+]. The van der Waals surface area contributed by atoms with Crippen molar-refractivity contribution in [2.45, 2.75) is 31.5 Å². The van der Waals surface area contributed by atoms with Gasteiger partial charge in [0.05, 0.1) is 0 Å². The van der Waals surface area contributed by atoms with Gasteiger partial charge in [0.1, 0.15) is 0 Å². The van der Waals surface area contributed by atoms with Crippen molar-refractivity contribution in [3.63, 3.8) is 0 Å². The van der Waals surface area contributed by atoms with Gasteiger partial charge in [0.25, 0.3) is 0 Å². The molecule has 0 aromatic rings. The molecule has 11 heavy (non-hydrogen) atoms. The molecule has 2 fully saturated rings. The standard InChI is InChI=1S/C6H9BF3.K/c8-7(9,10)5-4-6(5)2-1-3-6;/h5H,1-4H2;/q-1;+1. The van der Waals surface area contributed by atoms with Crippen molar-refractivity contribution in [1.82, 2.24) is 0 Å². The second-order valence-corrected chi connectivity index (χ2v) is 3.65. The van der Waals surface area contributed by atoms with Crippen LogP contribution in [0.2, 0.25) is 5.82 Å². The molecule has 0 aromatic heterocycles. The Morgan fingerprint density at radius 2 is 1.73 bits per heavy atom. The van der Waals surface area contributed by atoms with Gasteiger partial charge < -0.3 is 12.9 Å². The third kappa shape index (κ3) is 1.73. The van der Waals surface area contributed by atoms with Crippen molar-refractivity contribution < 1.29 is 64.3 Å². The molecule has 1 atom stereocenters. The minimum Gasteiger partial charge on any atom is -0.449 e.